The molecular weight excluding hydrogens is 454 g/mol. The SMILES string of the molecule is C/C=c1/nc(C(CC)N(C)c2cc(NC=NC)ncn2)n(Nc2ccc(F)cc2)c(=O)/c1=C(/C)F. The number of benzene rings is 1. The highest BCUT2D eigenvalue weighted by Crippen LogP contribution is 2.26. The lowest BCUT2D eigenvalue weighted by atomic mass is 10.1. The molecule has 2 heterocycles. The molecular formula is C24H28F2N8O. The highest BCUT2D eigenvalue weighted by molar-refractivity contribution is 5.74. The Labute approximate surface area is 201 Å². The Morgan fingerprint density at radius 2 is 2.00 bits per heavy atom. The average Bonchev–Trinajstić information content (AvgIpc) is 2.85. The van der Waals surface area contributed by atoms with Gasteiger partial charge in [-0.2, -0.15) is 0 Å². The smallest absolute Gasteiger partial charge is 0.282 e. The van der Waals surface area contributed by atoms with Gasteiger partial charge in [-0.3, -0.25) is 15.2 Å². The van der Waals surface area contributed by atoms with Crippen molar-refractivity contribution in [1.29, 1.82) is 0 Å². The van der Waals surface area contributed by atoms with E-state index in [1.165, 1.54) is 48.5 Å². The number of rotatable bonds is 8. The van der Waals surface area contributed by atoms with Crippen LogP contribution >= 0.6 is 0 Å². The quantitative estimate of drug-likeness (QED) is 0.376. The second kappa shape index (κ2) is 11.3. The maximum atomic E-state index is 14.4. The van der Waals surface area contributed by atoms with E-state index in [2.05, 4.69) is 30.7 Å². The monoisotopic (exact) mass is 482 g/mol. The third-order valence-corrected chi connectivity index (χ3v) is 5.35. The molecule has 1 atom stereocenters. The molecule has 9 nitrogen and oxygen atoms in total. The van der Waals surface area contributed by atoms with Crippen molar-refractivity contribution in [2.45, 2.75) is 33.2 Å². The molecule has 0 radical (unpaired) electrons. The lowest BCUT2D eigenvalue weighted by Crippen LogP contribution is -2.52. The van der Waals surface area contributed by atoms with Crippen molar-refractivity contribution in [2.75, 3.05) is 29.7 Å². The van der Waals surface area contributed by atoms with Crippen LogP contribution in [0.5, 0.6) is 0 Å². The lowest BCUT2D eigenvalue weighted by Gasteiger charge is -2.29. The molecule has 0 spiro atoms. The molecule has 0 amide bonds. The fourth-order valence-electron chi connectivity index (χ4n) is 3.61. The van der Waals surface area contributed by atoms with Gasteiger partial charge in [0.05, 0.1) is 28.6 Å². The maximum absolute atomic E-state index is 14.4. The zero-order valence-electron chi connectivity index (χ0n) is 20.3. The number of halogens is 2. The number of nitrogens with zero attached hydrogens (tertiary/aromatic N) is 6. The van der Waals surface area contributed by atoms with Gasteiger partial charge in [0.2, 0.25) is 0 Å². The molecule has 184 valence electrons. The number of aliphatic imine (C=N–C) groups is 1. The predicted octanol–water partition coefficient (Wildman–Crippen LogP) is 2.60. The topological polar surface area (TPSA) is 100 Å². The van der Waals surface area contributed by atoms with Gasteiger partial charge in [-0.15, -0.1) is 0 Å². The molecule has 11 heteroatoms. The van der Waals surface area contributed by atoms with Crippen LogP contribution in [0.2, 0.25) is 0 Å². The highest BCUT2D eigenvalue weighted by Gasteiger charge is 2.24. The van der Waals surface area contributed by atoms with Gasteiger partial charge < -0.3 is 10.2 Å². The molecule has 0 saturated heterocycles. The fraction of sp³-hybridized carbons (Fsp3) is 0.292. The molecule has 35 heavy (non-hydrogen) atoms. The fourth-order valence-corrected chi connectivity index (χ4v) is 3.61. The van der Waals surface area contributed by atoms with E-state index in [-0.39, 0.29) is 10.6 Å². The molecule has 0 saturated carbocycles. The molecule has 3 aromatic rings. The molecule has 0 aliphatic heterocycles. The second-order valence-electron chi connectivity index (χ2n) is 7.64. The molecule has 2 aromatic heterocycles. The first-order valence-corrected chi connectivity index (χ1v) is 11.0. The summed E-state index contributed by atoms with van der Waals surface area (Å²) in [5.74, 6) is 0.379. The van der Waals surface area contributed by atoms with E-state index in [0.29, 0.717) is 29.6 Å². The summed E-state index contributed by atoms with van der Waals surface area (Å²) in [6.45, 7) is 4.85. The summed E-state index contributed by atoms with van der Waals surface area (Å²) >= 11 is 0. The van der Waals surface area contributed by atoms with Crippen molar-refractivity contribution in [3.63, 3.8) is 0 Å². The summed E-state index contributed by atoms with van der Waals surface area (Å²) in [5, 5.41) is 3.04. The number of nitrogens with one attached hydrogen (secondary N) is 2. The second-order valence-corrected chi connectivity index (χ2v) is 7.64. The van der Waals surface area contributed by atoms with Gasteiger partial charge in [0.25, 0.3) is 5.56 Å². The Bertz CT molecular complexity index is 1380. The van der Waals surface area contributed by atoms with Crippen LogP contribution in [0.25, 0.3) is 11.9 Å². The van der Waals surface area contributed by atoms with Gasteiger partial charge in [0.1, 0.15) is 29.6 Å². The normalized spacial score (nSPS) is 13.6. The summed E-state index contributed by atoms with van der Waals surface area (Å²) in [7, 11) is 3.45. The summed E-state index contributed by atoms with van der Waals surface area (Å²) in [6.07, 6.45) is 5.05. The van der Waals surface area contributed by atoms with Crippen molar-refractivity contribution in [3.8, 4) is 0 Å². The van der Waals surface area contributed by atoms with E-state index in [9.17, 15) is 13.6 Å². The van der Waals surface area contributed by atoms with Crippen molar-refractivity contribution >= 4 is 35.6 Å². The molecule has 2 N–H and O–H groups in total. The average molecular weight is 483 g/mol. The molecule has 3 rings (SSSR count). The molecule has 0 fully saturated rings. The van der Waals surface area contributed by atoms with Crippen LogP contribution in [-0.4, -0.2) is 40.1 Å². The van der Waals surface area contributed by atoms with E-state index in [1.807, 2.05) is 18.9 Å². The van der Waals surface area contributed by atoms with E-state index >= 15 is 0 Å². The molecule has 1 aromatic carbocycles. The molecule has 0 bridgehead atoms. The van der Waals surface area contributed by atoms with Crippen LogP contribution in [0.4, 0.5) is 26.1 Å². The minimum atomic E-state index is -0.651. The predicted molar refractivity (Wildman–Crippen MR) is 135 cm³/mol. The summed E-state index contributed by atoms with van der Waals surface area (Å²) in [5.41, 5.74) is 2.80. The Morgan fingerprint density at radius 1 is 1.29 bits per heavy atom. The minimum Gasteiger partial charge on any atom is -0.349 e. The maximum Gasteiger partial charge on any atom is 0.282 e. The Kier molecular flexibility index (Phi) is 8.24. The van der Waals surface area contributed by atoms with Crippen LogP contribution < -0.4 is 31.8 Å². The van der Waals surface area contributed by atoms with Crippen molar-refractivity contribution in [2.24, 2.45) is 4.99 Å². The molecule has 0 aliphatic carbocycles. The van der Waals surface area contributed by atoms with Gasteiger partial charge in [-0.25, -0.2) is 28.4 Å². The van der Waals surface area contributed by atoms with E-state index in [1.54, 1.807) is 26.1 Å². The summed E-state index contributed by atoms with van der Waals surface area (Å²) < 4.78 is 29.1. The van der Waals surface area contributed by atoms with Crippen molar-refractivity contribution in [1.82, 2.24) is 19.6 Å². The van der Waals surface area contributed by atoms with Crippen LogP contribution in [0.1, 0.15) is 39.1 Å². The Balaban J connectivity index is 2.20. The first kappa shape index (κ1) is 25.5. The zero-order valence-corrected chi connectivity index (χ0v) is 20.3. The number of hydrogen-bond donors (Lipinski definition) is 2. The highest BCUT2D eigenvalue weighted by atomic mass is 19.1. The standard InChI is InChI=1S/C24H28F2N8O/c1-6-18-22(15(3)25)24(35)34(32-17-10-8-16(26)9-11-17)23(31-18)19(7-2)33(5)21-12-20(28-13-27-4)29-14-30-21/h6,8-14,19,32H,7H2,1-5H3,(H,27,28,29,30)/b18-6+,22-15-. The van der Waals surface area contributed by atoms with Crippen LogP contribution in [0, 0.1) is 5.82 Å². The number of aromatic nitrogens is 4. The first-order valence-electron chi connectivity index (χ1n) is 11.0. The lowest BCUT2D eigenvalue weighted by molar-refractivity contribution is 0.561. The molecule has 1 unspecified atom stereocenters. The van der Waals surface area contributed by atoms with Gasteiger partial charge in [0.15, 0.2) is 5.82 Å². The number of hydrogen-bond acceptors (Lipinski definition) is 7. The van der Waals surface area contributed by atoms with Crippen molar-refractivity contribution in [3.05, 3.63) is 69.2 Å². The summed E-state index contributed by atoms with van der Waals surface area (Å²) in [4.78, 5) is 32.4. The van der Waals surface area contributed by atoms with E-state index in [4.69, 9.17) is 0 Å². The van der Waals surface area contributed by atoms with Crippen LogP contribution in [-0.2, 0) is 0 Å². The largest absolute Gasteiger partial charge is 0.349 e. The van der Waals surface area contributed by atoms with Gasteiger partial charge >= 0.3 is 0 Å². The van der Waals surface area contributed by atoms with Crippen LogP contribution in [0.15, 0.2) is 46.4 Å². The number of anilines is 3. The minimum absolute atomic E-state index is 0.143. The zero-order chi connectivity index (χ0) is 25.5. The van der Waals surface area contributed by atoms with E-state index in [0.717, 1.165) is 0 Å². The van der Waals surface area contributed by atoms with Gasteiger partial charge in [-0.1, -0.05) is 13.0 Å². The Hall–Kier alpha value is -4.15. The van der Waals surface area contributed by atoms with Crippen molar-refractivity contribution < 1.29 is 8.78 Å². The Morgan fingerprint density at radius 3 is 2.60 bits per heavy atom. The van der Waals surface area contributed by atoms with E-state index < -0.39 is 23.2 Å². The van der Waals surface area contributed by atoms with Gasteiger partial charge in [0, 0.05) is 20.2 Å². The summed E-state index contributed by atoms with van der Waals surface area (Å²) in [6, 6.07) is 6.80. The third-order valence-electron chi connectivity index (χ3n) is 5.35. The van der Waals surface area contributed by atoms with Crippen LogP contribution in [0.3, 0.4) is 0 Å². The molecule has 0 aliphatic rings. The van der Waals surface area contributed by atoms with Gasteiger partial charge in [-0.05, 0) is 44.5 Å². The first-order chi connectivity index (χ1) is 16.8. The third kappa shape index (κ3) is 5.68.